The molecule has 0 aromatic carbocycles. The van der Waals surface area contributed by atoms with Crippen molar-refractivity contribution in [2.45, 2.75) is 49.6 Å². The van der Waals surface area contributed by atoms with Gasteiger partial charge in [-0.3, -0.25) is 9.58 Å². The zero-order valence-electron chi connectivity index (χ0n) is 12.4. The maximum atomic E-state index is 12.5. The van der Waals surface area contributed by atoms with E-state index in [1.807, 2.05) is 28.4 Å². The standard InChI is InChI=1S/C14H22N4O2S/c1-16-9-11(8-15-16)10-17-6-4-14-13(17)5-7-18(14)21(19,20)12-2-3-12/h8-9,12-14H,2-7,10H2,1H3/t13-,14+/m0/s1. The minimum atomic E-state index is -3.02. The first-order chi connectivity index (χ1) is 10.1. The van der Waals surface area contributed by atoms with Gasteiger partial charge in [0.1, 0.15) is 0 Å². The van der Waals surface area contributed by atoms with Gasteiger partial charge in [-0.1, -0.05) is 0 Å². The molecule has 6 nitrogen and oxygen atoms in total. The van der Waals surface area contributed by atoms with E-state index in [0.717, 1.165) is 38.8 Å². The summed E-state index contributed by atoms with van der Waals surface area (Å²) in [5, 5.41) is 4.13. The minimum absolute atomic E-state index is 0.0800. The molecule has 2 saturated heterocycles. The molecule has 1 aliphatic carbocycles. The van der Waals surface area contributed by atoms with E-state index in [2.05, 4.69) is 10.00 Å². The lowest BCUT2D eigenvalue weighted by atomic mass is 10.1. The molecule has 0 bridgehead atoms. The second kappa shape index (κ2) is 4.79. The summed E-state index contributed by atoms with van der Waals surface area (Å²) in [7, 11) is -1.10. The summed E-state index contributed by atoms with van der Waals surface area (Å²) in [4.78, 5) is 2.43. The van der Waals surface area contributed by atoms with E-state index < -0.39 is 10.0 Å². The van der Waals surface area contributed by atoms with Gasteiger partial charge in [-0.05, 0) is 25.7 Å². The van der Waals surface area contributed by atoms with E-state index in [1.165, 1.54) is 5.56 Å². The van der Waals surface area contributed by atoms with Crippen molar-refractivity contribution in [2.24, 2.45) is 7.05 Å². The van der Waals surface area contributed by atoms with Crippen LogP contribution in [0.1, 0.15) is 31.2 Å². The Balaban J connectivity index is 1.48. The van der Waals surface area contributed by atoms with Crippen molar-refractivity contribution in [3.05, 3.63) is 18.0 Å². The quantitative estimate of drug-likeness (QED) is 0.815. The molecule has 116 valence electrons. The highest BCUT2D eigenvalue weighted by Gasteiger charge is 2.50. The van der Waals surface area contributed by atoms with E-state index in [0.29, 0.717) is 12.6 Å². The van der Waals surface area contributed by atoms with Crippen LogP contribution in [0.15, 0.2) is 12.4 Å². The molecule has 3 heterocycles. The van der Waals surface area contributed by atoms with Gasteiger partial charge in [0.25, 0.3) is 0 Å². The molecule has 2 aliphatic heterocycles. The Bertz CT molecular complexity index is 637. The van der Waals surface area contributed by atoms with Gasteiger partial charge in [-0.2, -0.15) is 9.40 Å². The summed E-state index contributed by atoms with van der Waals surface area (Å²) >= 11 is 0. The molecular formula is C14H22N4O2S. The molecule has 4 rings (SSSR count). The Morgan fingerprint density at radius 3 is 2.62 bits per heavy atom. The first kappa shape index (κ1) is 13.7. The molecule has 1 saturated carbocycles. The number of hydrogen-bond donors (Lipinski definition) is 0. The van der Waals surface area contributed by atoms with Gasteiger partial charge in [0.15, 0.2) is 0 Å². The average molecular weight is 310 g/mol. The van der Waals surface area contributed by atoms with Crippen molar-refractivity contribution in [3.8, 4) is 0 Å². The lowest BCUT2D eigenvalue weighted by molar-refractivity contribution is 0.240. The second-order valence-corrected chi connectivity index (χ2v) is 8.73. The maximum Gasteiger partial charge on any atom is 0.217 e. The summed E-state index contributed by atoms with van der Waals surface area (Å²) in [6.45, 7) is 2.57. The van der Waals surface area contributed by atoms with Crippen LogP contribution in [-0.4, -0.2) is 57.8 Å². The smallest absolute Gasteiger partial charge is 0.217 e. The zero-order valence-corrected chi connectivity index (χ0v) is 13.2. The maximum absolute atomic E-state index is 12.5. The van der Waals surface area contributed by atoms with Crippen LogP contribution in [-0.2, 0) is 23.6 Å². The molecule has 3 fully saturated rings. The summed E-state index contributed by atoms with van der Waals surface area (Å²) < 4.78 is 28.6. The fraction of sp³-hybridized carbons (Fsp3) is 0.786. The van der Waals surface area contributed by atoms with Crippen LogP contribution in [0.4, 0.5) is 0 Å². The fourth-order valence-corrected chi connectivity index (χ4v) is 5.99. The highest BCUT2D eigenvalue weighted by atomic mass is 32.2. The molecular weight excluding hydrogens is 288 g/mol. The fourth-order valence-electron chi connectivity index (χ4n) is 3.89. The molecule has 7 heteroatoms. The van der Waals surface area contributed by atoms with Gasteiger partial charge < -0.3 is 0 Å². The third-order valence-corrected chi connectivity index (χ3v) is 7.48. The highest BCUT2D eigenvalue weighted by molar-refractivity contribution is 7.90. The lowest BCUT2D eigenvalue weighted by Gasteiger charge is -2.25. The average Bonchev–Trinajstić information content (AvgIpc) is 2.93. The zero-order chi connectivity index (χ0) is 14.6. The molecule has 0 unspecified atom stereocenters. The van der Waals surface area contributed by atoms with Crippen LogP contribution >= 0.6 is 0 Å². The summed E-state index contributed by atoms with van der Waals surface area (Å²) in [5.41, 5.74) is 1.21. The van der Waals surface area contributed by atoms with E-state index in [9.17, 15) is 8.42 Å². The lowest BCUT2D eigenvalue weighted by Crippen LogP contribution is -2.41. The number of aryl methyl sites for hydroxylation is 1. The van der Waals surface area contributed by atoms with Crippen molar-refractivity contribution >= 4 is 10.0 Å². The predicted octanol–water partition coefficient (Wildman–Crippen LogP) is 0.561. The first-order valence-electron chi connectivity index (χ1n) is 7.78. The molecule has 0 amide bonds. The number of sulfonamides is 1. The van der Waals surface area contributed by atoms with Crippen LogP contribution in [0.5, 0.6) is 0 Å². The largest absolute Gasteiger partial charge is 0.294 e. The van der Waals surface area contributed by atoms with Gasteiger partial charge >= 0.3 is 0 Å². The second-order valence-electron chi connectivity index (χ2n) is 6.56. The van der Waals surface area contributed by atoms with Gasteiger partial charge in [-0.15, -0.1) is 0 Å². The Kier molecular flexibility index (Phi) is 3.13. The normalized spacial score (nSPS) is 30.9. The third kappa shape index (κ3) is 2.31. The van der Waals surface area contributed by atoms with E-state index in [1.54, 1.807) is 0 Å². The van der Waals surface area contributed by atoms with Crippen molar-refractivity contribution in [1.29, 1.82) is 0 Å². The van der Waals surface area contributed by atoms with Crippen LogP contribution in [0.2, 0.25) is 0 Å². The van der Waals surface area contributed by atoms with Gasteiger partial charge in [0.2, 0.25) is 10.0 Å². The Labute approximate surface area is 125 Å². The molecule has 1 aromatic rings. The molecule has 1 aromatic heterocycles. The van der Waals surface area contributed by atoms with E-state index in [4.69, 9.17) is 0 Å². The third-order valence-electron chi connectivity index (χ3n) is 5.06. The topological polar surface area (TPSA) is 58.4 Å². The molecule has 2 atom stereocenters. The molecule has 0 N–H and O–H groups in total. The number of nitrogens with zero attached hydrogens (tertiary/aromatic N) is 4. The van der Waals surface area contributed by atoms with Crippen LogP contribution in [0, 0.1) is 0 Å². The number of rotatable bonds is 4. The number of likely N-dealkylation sites (tertiary alicyclic amines) is 1. The summed E-state index contributed by atoms with van der Waals surface area (Å²) in [6, 6.07) is 0.589. The number of fused-ring (bicyclic) bond motifs is 1. The van der Waals surface area contributed by atoms with Crippen LogP contribution in [0.3, 0.4) is 0 Å². The Hall–Kier alpha value is -0.920. The molecule has 0 radical (unpaired) electrons. The molecule has 3 aliphatic rings. The van der Waals surface area contributed by atoms with Crippen LogP contribution < -0.4 is 0 Å². The van der Waals surface area contributed by atoms with E-state index >= 15 is 0 Å². The van der Waals surface area contributed by atoms with Crippen molar-refractivity contribution in [1.82, 2.24) is 19.0 Å². The van der Waals surface area contributed by atoms with Crippen molar-refractivity contribution < 1.29 is 8.42 Å². The van der Waals surface area contributed by atoms with E-state index in [-0.39, 0.29) is 11.3 Å². The summed E-state index contributed by atoms with van der Waals surface area (Å²) in [6.07, 6.45) is 7.60. The monoisotopic (exact) mass is 310 g/mol. The Morgan fingerprint density at radius 1 is 1.19 bits per heavy atom. The number of aromatic nitrogens is 2. The van der Waals surface area contributed by atoms with Gasteiger partial charge in [-0.25, -0.2) is 8.42 Å². The van der Waals surface area contributed by atoms with Crippen molar-refractivity contribution in [3.63, 3.8) is 0 Å². The van der Waals surface area contributed by atoms with Crippen LogP contribution in [0.25, 0.3) is 0 Å². The van der Waals surface area contributed by atoms with Gasteiger partial charge in [0, 0.05) is 50.5 Å². The SMILES string of the molecule is Cn1cc(CN2CC[C@@H]3[C@@H]2CCN3S(=O)(=O)C2CC2)cn1. The van der Waals surface area contributed by atoms with Crippen molar-refractivity contribution in [2.75, 3.05) is 13.1 Å². The highest BCUT2D eigenvalue weighted by Crippen LogP contribution is 2.39. The summed E-state index contributed by atoms with van der Waals surface area (Å²) in [5.74, 6) is 0. The predicted molar refractivity (Wildman–Crippen MR) is 79.1 cm³/mol. The number of hydrogen-bond acceptors (Lipinski definition) is 4. The minimum Gasteiger partial charge on any atom is -0.294 e. The first-order valence-corrected chi connectivity index (χ1v) is 9.28. The molecule has 21 heavy (non-hydrogen) atoms. The Morgan fingerprint density at radius 2 is 1.95 bits per heavy atom. The molecule has 0 spiro atoms. The van der Waals surface area contributed by atoms with Gasteiger partial charge in [0.05, 0.1) is 11.4 Å².